The van der Waals surface area contributed by atoms with E-state index >= 15 is 0 Å². The molecule has 0 aromatic heterocycles. The highest BCUT2D eigenvalue weighted by molar-refractivity contribution is 5.81. The van der Waals surface area contributed by atoms with Gasteiger partial charge in [-0.3, -0.25) is 4.79 Å². The molecule has 1 rings (SSSR count). The maximum atomic E-state index is 12.6. The minimum absolute atomic E-state index is 0.0777. The third-order valence-corrected chi connectivity index (χ3v) is 2.72. The van der Waals surface area contributed by atoms with E-state index in [-0.39, 0.29) is 18.2 Å². The zero-order chi connectivity index (χ0) is 14.6. The van der Waals surface area contributed by atoms with Crippen LogP contribution in [0.5, 0.6) is 0 Å². The lowest BCUT2D eigenvalue weighted by atomic mass is 10.0. The van der Waals surface area contributed by atoms with Gasteiger partial charge in [0.25, 0.3) is 0 Å². The molecule has 0 fully saturated rings. The summed E-state index contributed by atoms with van der Waals surface area (Å²) >= 11 is 0. The molecule has 0 aliphatic rings. The van der Waals surface area contributed by atoms with Crippen molar-refractivity contribution in [1.82, 2.24) is 5.32 Å². The van der Waals surface area contributed by atoms with E-state index in [1.165, 1.54) is 13.0 Å². The SMILES string of the molecule is CC(=O)C(Cc1cccc(C(F)(F)F)c1)NC(C)C. The van der Waals surface area contributed by atoms with Crippen LogP contribution >= 0.6 is 0 Å². The van der Waals surface area contributed by atoms with Gasteiger partial charge in [-0.2, -0.15) is 13.2 Å². The van der Waals surface area contributed by atoms with Gasteiger partial charge in [-0.1, -0.05) is 32.0 Å². The van der Waals surface area contributed by atoms with Crippen molar-refractivity contribution in [1.29, 1.82) is 0 Å². The van der Waals surface area contributed by atoms with Gasteiger partial charge in [0, 0.05) is 6.04 Å². The molecule has 19 heavy (non-hydrogen) atoms. The van der Waals surface area contributed by atoms with Crippen molar-refractivity contribution < 1.29 is 18.0 Å². The largest absolute Gasteiger partial charge is 0.416 e. The van der Waals surface area contributed by atoms with Gasteiger partial charge in [0.2, 0.25) is 0 Å². The topological polar surface area (TPSA) is 29.1 Å². The quantitative estimate of drug-likeness (QED) is 0.892. The van der Waals surface area contributed by atoms with Crippen molar-refractivity contribution >= 4 is 5.78 Å². The molecule has 0 heterocycles. The van der Waals surface area contributed by atoms with E-state index in [0.29, 0.717) is 5.56 Å². The van der Waals surface area contributed by atoms with Gasteiger partial charge in [0.15, 0.2) is 0 Å². The number of benzene rings is 1. The molecule has 2 nitrogen and oxygen atoms in total. The molecule has 0 amide bonds. The second kappa shape index (κ2) is 6.19. The summed E-state index contributed by atoms with van der Waals surface area (Å²) in [6, 6.07) is 4.74. The van der Waals surface area contributed by atoms with Crippen LogP contribution in [-0.2, 0) is 17.4 Å². The first kappa shape index (κ1) is 15.7. The van der Waals surface area contributed by atoms with Crippen LogP contribution in [0.4, 0.5) is 13.2 Å². The first-order valence-electron chi connectivity index (χ1n) is 6.12. The molecule has 5 heteroatoms. The molecule has 0 saturated carbocycles. The lowest BCUT2D eigenvalue weighted by molar-refractivity contribution is -0.137. The number of ketones is 1. The van der Waals surface area contributed by atoms with Gasteiger partial charge in [-0.05, 0) is 25.0 Å². The number of carbonyl (C=O) groups excluding carboxylic acids is 1. The molecule has 0 aliphatic carbocycles. The van der Waals surface area contributed by atoms with Crippen LogP contribution < -0.4 is 5.32 Å². The smallest absolute Gasteiger partial charge is 0.305 e. The van der Waals surface area contributed by atoms with Crippen molar-refractivity contribution in [3.8, 4) is 0 Å². The van der Waals surface area contributed by atoms with Crippen molar-refractivity contribution in [3.63, 3.8) is 0 Å². The van der Waals surface area contributed by atoms with Gasteiger partial charge >= 0.3 is 6.18 Å². The lowest BCUT2D eigenvalue weighted by Gasteiger charge is -2.19. The maximum Gasteiger partial charge on any atom is 0.416 e. The maximum absolute atomic E-state index is 12.6. The Morgan fingerprint density at radius 3 is 2.42 bits per heavy atom. The highest BCUT2D eigenvalue weighted by Crippen LogP contribution is 2.29. The fraction of sp³-hybridized carbons (Fsp3) is 0.500. The second-order valence-electron chi connectivity index (χ2n) is 4.89. The fourth-order valence-electron chi connectivity index (χ4n) is 1.83. The third kappa shape index (κ3) is 5.03. The van der Waals surface area contributed by atoms with Crippen LogP contribution in [-0.4, -0.2) is 17.9 Å². The molecule has 1 aromatic rings. The van der Waals surface area contributed by atoms with E-state index in [2.05, 4.69) is 5.32 Å². The number of carbonyl (C=O) groups is 1. The minimum Gasteiger partial charge on any atom is -0.305 e. The molecular weight excluding hydrogens is 255 g/mol. The van der Waals surface area contributed by atoms with Gasteiger partial charge < -0.3 is 5.32 Å². The van der Waals surface area contributed by atoms with Crippen LogP contribution in [0.2, 0.25) is 0 Å². The molecular formula is C14H18F3NO. The van der Waals surface area contributed by atoms with Crippen molar-refractivity contribution in [2.24, 2.45) is 0 Å². The summed E-state index contributed by atoms with van der Waals surface area (Å²) < 4.78 is 37.8. The van der Waals surface area contributed by atoms with E-state index in [1.807, 2.05) is 13.8 Å². The standard InChI is InChI=1S/C14H18F3NO/c1-9(2)18-13(10(3)19)8-11-5-4-6-12(7-11)14(15,16)17/h4-7,9,13,18H,8H2,1-3H3. The van der Waals surface area contributed by atoms with E-state index in [0.717, 1.165) is 12.1 Å². The number of Topliss-reactive ketones (excluding diaryl/α,β-unsaturated/α-hetero) is 1. The van der Waals surface area contributed by atoms with Gasteiger partial charge in [-0.15, -0.1) is 0 Å². The molecule has 0 spiro atoms. The molecule has 1 atom stereocenters. The van der Waals surface area contributed by atoms with Gasteiger partial charge in [-0.25, -0.2) is 0 Å². The van der Waals surface area contributed by atoms with Crippen molar-refractivity contribution in [2.45, 2.75) is 45.5 Å². The predicted molar refractivity (Wildman–Crippen MR) is 67.9 cm³/mol. The summed E-state index contributed by atoms with van der Waals surface area (Å²) in [5.41, 5.74) is -0.181. The third-order valence-electron chi connectivity index (χ3n) is 2.72. The molecule has 0 aliphatic heterocycles. The molecule has 0 bridgehead atoms. The van der Waals surface area contributed by atoms with Crippen LogP contribution in [0.1, 0.15) is 31.9 Å². The first-order chi connectivity index (χ1) is 8.70. The molecule has 1 N–H and O–H groups in total. The van der Waals surface area contributed by atoms with Crippen LogP contribution in [0.15, 0.2) is 24.3 Å². The number of halogens is 3. The zero-order valence-corrected chi connectivity index (χ0v) is 11.2. The summed E-state index contributed by atoms with van der Waals surface area (Å²) in [6.07, 6.45) is -4.09. The Labute approximate surface area is 111 Å². The highest BCUT2D eigenvalue weighted by atomic mass is 19.4. The van der Waals surface area contributed by atoms with E-state index in [9.17, 15) is 18.0 Å². The van der Waals surface area contributed by atoms with E-state index < -0.39 is 17.8 Å². The average Bonchev–Trinajstić information content (AvgIpc) is 2.26. The minimum atomic E-state index is -4.35. The van der Waals surface area contributed by atoms with Crippen molar-refractivity contribution in [3.05, 3.63) is 35.4 Å². The molecule has 1 aromatic carbocycles. The monoisotopic (exact) mass is 273 g/mol. The Hall–Kier alpha value is -1.36. The van der Waals surface area contributed by atoms with E-state index in [1.54, 1.807) is 6.07 Å². The molecule has 106 valence electrons. The van der Waals surface area contributed by atoms with Gasteiger partial charge in [0.1, 0.15) is 5.78 Å². The Bertz CT molecular complexity index is 441. The first-order valence-corrected chi connectivity index (χ1v) is 6.12. The normalized spacial score (nSPS) is 13.6. The number of alkyl halides is 3. The Kier molecular flexibility index (Phi) is 5.11. The van der Waals surface area contributed by atoms with Crippen molar-refractivity contribution in [2.75, 3.05) is 0 Å². The number of hydrogen-bond donors (Lipinski definition) is 1. The van der Waals surface area contributed by atoms with Crippen LogP contribution in [0.3, 0.4) is 0 Å². The summed E-state index contributed by atoms with van der Waals surface area (Å²) in [4.78, 5) is 11.5. The zero-order valence-electron chi connectivity index (χ0n) is 11.2. The average molecular weight is 273 g/mol. The summed E-state index contributed by atoms with van der Waals surface area (Å²) in [7, 11) is 0. The Balaban J connectivity index is 2.88. The molecule has 0 radical (unpaired) electrons. The fourth-order valence-corrected chi connectivity index (χ4v) is 1.83. The van der Waals surface area contributed by atoms with Crippen LogP contribution in [0.25, 0.3) is 0 Å². The van der Waals surface area contributed by atoms with E-state index in [4.69, 9.17) is 0 Å². The predicted octanol–water partition coefficient (Wildman–Crippen LogP) is 3.20. The van der Waals surface area contributed by atoms with Gasteiger partial charge in [0.05, 0.1) is 11.6 Å². The molecule has 0 saturated heterocycles. The summed E-state index contributed by atoms with van der Waals surface area (Å²) in [5.74, 6) is -0.0777. The Morgan fingerprint density at radius 2 is 1.95 bits per heavy atom. The number of hydrogen-bond acceptors (Lipinski definition) is 2. The number of nitrogens with one attached hydrogen (secondary N) is 1. The lowest BCUT2D eigenvalue weighted by Crippen LogP contribution is -2.41. The second-order valence-corrected chi connectivity index (χ2v) is 4.89. The Morgan fingerprint density at radius 1 is 1.32 bits per heavy atom. The highest BCUT2D eigenvalue weighted by Gasteiger charge is 2.30. The number of rotatable bonds is 5. The summed E-state index contributed by atoms with van der Waals surface area (Å²) in [6.45, 7) is 5.22. The summed E-state index contributed by atoms with van der Waals surface area (Å²) in [5, 5.41) is 3.06. The van der Waals surface area contributed by atoms with Crippen LogP contribution in [0, 0.1) is 0 Å². The molecule has 1 unspecified atom stereocenters.